The van der Waals surface area contributed by atoms with Crippen LogP contribution in [-0.2, 0) is 18.4 Å². The van der Waals surface area contributed by atoms with Gasteiger partial charge in [0.2, 0.25) is 5.91 Å². The number of amides is 1. The van der Waals surface area contributed by atoms with Gasteiger partial charge in [-0.2, -0.15) is 0 Å². The van der Waals surface area contributed by atoms with Gasteiger partial charge >= 0.3 is 0 Å². The van der Waals surface area contributed by atoms with Crippen molar-refractivity contribution in [3.8, 4) is 11.5 Å². The molecule has 0 spiro atoms. The second kappa shape index (κ2) is 9.80. The Morgan fingerprint density at radius 1 is 1.21 bits per heavy atom. The summed E-state index contributed by atoms with van der Waals surface area (Å²) in [6, 6.07) is 13.2. The lowest BCUT2D eigenvalue weighted by Gasteiger charge is -2.11. The number of nitrogens with one attached hydrogen (secondary N) is 1. The minimum absolute atomic E-state index is 0.113. The van der Waals surface area contributed by atoms with E-state index in [0.29, 0.717) is 22.5 Å². The van der Waals surface area contributed by atoms with E-state index in [1.807, 2.05) is 61.0 Å². The van der Waals surface area contributed by atoms with Gasteiger partial charge in [0.05, 0.1) is 12.9 Å². The normalized spacial score (nSPS) is 10.6. The molecular formula is C20H21BrN4O3S. The summed E-state index contributed by atoms with van der Waals surface area (Å²) in [6.45, 7) is 2.24. The number of aryl methyl sites for hydroxylation is 1. The minimum Gasteiger partial charge on any atom is -0.493 e. The predicted molar refractivity (Wildman–Crippen MR) is 117 cm³/mol. The van der Waals surface area contributed by atoms with E-state index >= 15 is 0 Å². The van der Waals surface area contributed by atoms with Gasteiger partial charge in [-0.15, -0.1) is 10.2 Å². The summed E-state index contributed by atoms with van der Waals surface area (Å²) >= 11 is 4.70. The highest BCUT2D eigenvalue weighted by Crippen LogP contribution is 2.28. The fourth-order valence-corrected chi connectivity index (χ4v) is 3.66. The molecule has 0 aliphatic heterocycles. The molecule has 0 saturated carbocycles. The van der Waals surface area contributed by atoms with E-state index in [1.54, 1.807) is 7.11 Å². The number of ether oxygens (including phenoxy) is 2. The van der Waals surface area contributed by atoms with Gasteiger partial charge in [0, 0.05) is 17.2 Å². The quantitative estimate of drug-likeness (QED) is 0.490. The molecule has 9 heteroatoms. The van der Waals surface area contributed by atoms with Crippen LogP contribution in [0.15, 0.2) is 52.1 Å². The van der Waals surface area contributed by atoms with Gasteiger partial charge in [0.15, 0.2) is 22.5 Å². The molecule has 0 fully saturated rings. The van der Waals surface area contributed by atoms with Crippen molar-refractivity contribution in [2.75, 3.05) is 18.2 Å². The number of halogens is 1. The lowest BCUT2D eigenvalue weighted by molar-refractivity contribution is -0.113. The lowest BCUT2D eigenvalue weighted by atomic mass is 10.2. The third-order valence-electron chi connectivity index (χ3n) is 4.04. The fraction of sp³-hybridized carbons (Fsp3) is 0.250. The Kier molecular flexibility index (Phi) is 7.16. The van der Waals surface area contributed by atoms with Crippen molar-refractivity contribution in [3.63, 3.8) is 0 Å². The third kappa shape index (κ3) is 5.74. The molecule has 3 rings (SSSR count). The van der Waals surface area contributed by atoms with Crippen LogP contribution in [0.4, 0.5) is 5.69 Å². The van der Waals surface area contributed by atoms with Crippen LogP contribution in [-0.4, -0.2) is 33.5 Å². The number of hydrogen-bond donors (Lipinski definition) is 1. The lowest BCUT2D eigenvalue weighted by Crippen LogP contribution is -2.14. The summed E-state index contributed by atoms with van der Waals surface area (Å²) in [5, 5.41) is 11.8. The number of methoxy groups -OCH3 is 1. The van der Waals surface area contributed by atoms with Gasteiger partial charge in [-0.25, -0.2) is 0 Å². The van der Waals surface area contributed by atoms with Gasteiger partial charge < -0.3 is 19.4 Å². The Bertz CT molecular complexity index is 1010. The maximum Gasteiger partial charge on any atom is 0.234 e. The fourth-order valence-electron chi connectivity index (χ4n) is 2.53. The Hall–Kier alpha value is -2.52. The summed E-state index contributed by atoms with van der Waals surface area (Å²) in [7, 11) is 3.46. The molecule has 0 saturated heterocycles. The summed E-state index contributed by atoms with van der Waals surface area (Å²) in [6.07, 6.45) is 0. The smallest absolute Gasteiger partial charge is 0.234 e. The number of rotatable bonds is 8. The monoisotopic (exact) mass is 476 g/mol. The molecule has 0 unspecified atom stereocenters. The molecule has 0 radical (unpaired) electrons. The summed E-state index contributed by atoms with van der Waals surface area (Å²) in [5.41, 5.74) is 1.83. The molecule has 7 nitrogen and oxygen atoms in total. The highest BCUT2D eigenvalue weighted by Gasteiger charge is 2.13. The molecule has 0 aliphatic rings. The van der Waals surface area contributed by atoms with Crippen LogP contribution < -0.4 is 14.8 Å². The van der Waals surface area contributed by atoms with Crippen molar-refractivity contribution < 1.29 is 14.3 Å². The predicted octanol–water partition coefficient (Wildman–Crippen LogP) is 4.20. The van der Waals surface area contributed by atoms with Crippen LogP contribution in [0.3, 0.4) is 0 Å². The molecule has 0 atom stereocenters. The number of thioether (sulfide) groups is 1. The molecule has 0 aliphatic carbocycles. The van der Waals surface area contributed by atoms with Gasteiger partial charge in [-0.3, -0.25) is 4.79 Å². The molecule has 1 N–H and O–H groups in total. The average molecular weight is 477 g/mol. The second-order valence-corrected chi connectivity index (χ2v) is 8.11. The van der Waals surface area contributed by atoms with E-state index in [2.05, 4.69) is 31.4 Å². The molecule has 152 valence electrons. The standard InChI is InChI=1S/C20H21BrN4O3S/c1-13-7-8-16(17(9-13)27-3)28-11-18-23-24-20(25(18)2)29-12-19(26)22-15-6-4-5-14(21)10-15/h4-10H,11-12H2,1-3H3,(H,22,26). The number of nitrogens with zero attached hydrogens (tertiary/aromatic N) is 3. The highest BCUT2D eigenvalue weighted by molar-refractivity contribution is 9.10. The van der Waals surface area contributed by atoms with Crippen LogP contribution in [0.2, 0.25) is 0 Å². The topological polar surface area (TPSA) is 78.3 Å². The summed E-state index contributed by atoms with van der Waals surface area (Å²) < 4.78 is 13.9. The van der Waals surface area contributed by atoms with E-state index in [9.17, 15) is 4.79 Å². The zero-order valence-corrected chi connectivity index (χ0v) is 18.7. The van der Waals surface area contributed by atoms with E-state index in [0.717, 1.165) is 15.7 Å². The van der Waals surface area contributed by atoms with Crippen molar-refractivity contribution in [2.24, 2.45) is 7.05 Å². The highest BCUT2D eigenvalue weighted by atomic mass is 79.9. The number of hydrogen-bond acceptors (Lipinski definition) is 6. The number of aromatic nitrogens is 3. The van der Waals surface area contributed by atoms with Crippen LogP contribution in [0.5, 0.6) is 11.5 Å². The van der Waals surface area contributed by atoms with Crippen LogP contribution in [0.1, 0.15) is 11.4 Å². The molecule has 1 amide bonds. The molecule has 1 aromatic heterocycles. The molecule has 0 bridgehead atoms. The first-order chi connectivity index (χ1) is 14.0. The number of carbonyl (C=O) groups excluding carboxylic acids is 1. The maximum absolute atomic E-state index is 12.2. The number of benzene rings is 2. The molecular weight excluding hydrogens is 456 g/mol. The van der Waals surface area contributed by atoms with Crippen molar-refractivity contribution >= 4 is 39.3 Å². The van der Waals surface area contributed by atoms with E-state index in [-0.39, 0.29) is 18.3 Å². The Labute approximate surface area is 181 Å². The average Bonchev–Trinajstić information content (AvgIpc) is 3.05. The Balaban J connectivity index is 1.56. The molecule has 2 aromatic carbocycles. The maximum atomic E-state index is 12.2. The molecule has 1 heterocycles. The van der Waals surface area contributed by atoms with Crippen molar-refractivity contribution in [2.45, 2.75) is 18.7 Å². The number of carbonyl (C=O) groups is 1. The first-order valence-electron chi connectivity index (χ1n) is 8.80. The third-order valence-corrected chi connectivity index (χ3v) is 5.56. The SMILES string of the molecule is COc1cc(C)ccc1OCc1nnc(SCC(=O)Nc2cccc(Br)c2)n1C. The van der Waals surface area contributed by atoms with Crippen molar-refractivity contribution in [1.29, 1.82) is 0 Å². The van der Waals surface area contributed by atoms with Gasteiger partial charge in [0.1, 0.15) is 6.61 Å². The van der Waals surface area contributed by atoms with Crippen molar-refractivity contribution in [1.82, 2.24) is 14.8 Å². The van der Waals surface area contributed by atoms with E-state index in [1.165, 1.54) is 11.8 Å². The zero-order valence-electron chi connectivity index (χ0n) is 16.3. The Morgan fingerprint density at radius 2 is 2.03 bits per heavy atom. The number of anilines is 1. The zero-order chi connectivity index (χ0) is 20.8. The molecule has 29 heavy (non-hydrogen) atoms. The van der Waals surface area contributed by atoms with E-state index in [4.69, 9.17) is 9.47 Å². The van der Waals surface area contributed by atoms with Crippen LogP contribution in [0.25, 0.3) is 0 Å². The van der Waals surface area contributed by atoms with Crippen molar-refractivity contribution in [3.05, 3.63) is 58.3 Å². The Morgan fingerprint density at radius 3 is 2.79 bits per heavy atom. The van der Waals surface area contributed by atoms with Crippen LogP contribution in [0, 0.1) is 6.92 Å². The second-order valence-electron chi connectivity index (χ2n) is 6.25. The first kappa shape index (κ1) is 21.2. The summed E-state index contributed by atoms with van der Waals surface area (Å²) in [5.74, 6) is 2.08. The molecule has 3 aromatic rings. The van der Waals surface area contributed by atoms with Gasteiger partial charge in [0.25, 0.3) is 0 Å². The first-order valence-corrected chi connectivity index (χ1v) is 10.6. The minimum atomic E-state index is -0.113. The largest absolute Gasteiger partial charge is 0.493 e. The van der Waals surface area contributed by atoms with E-state index < -0.39 is 0 Å². The van der Waals surface area contributed by atoms with Crippen LogP contribution >= 0.6 is 27.7 Å². The van der Waals surface area contributed by atoms with Gasteiger partial charge in [-0.1, -0.05) is 39.8 Å². The van der Waals surface area contributed by atoms with Gasteiger partial charge in [-0.05, 0) is 42.8 Å². The summed E-state index contributed by atoms with van der Waals surface area (Å²) in [4.78, 5) is 12.2.